The monoisotopic (exact) mass is 474 g/mol. The average molecular weight is 474 g/mol. The number of nitrogens with one attached hydrogen (secondary N) is 2. The number of amides is 2. The molecular weight excluding hydrogens is 453 g/mol. The third-order valence-corrected chi connectivity index (χ3v) is 4.62. The van der Waals surface area contributed by atoms with Crippen LogP contribution in [0.15, 0.2) is 59.4 Å². The normalized spacial score (nSPS) is 11.1. The highest BCUT2D eigenvalue weighted by Gasteiger charge is 2.34. The molecule has 2 amide bonds. The molecule has 3 rings (SSSR count). The Morgan fingerprint density at radius 3 is 2.41 bits per heavy atom. The van der Waals surface area contributed by atoms with Crippen molar-refractivity contribution < 1.29 is 27.5 Å². The topological polar surface area (TPSA) is 102 Å². The molecule has 0 aliphatic heterocycles. The molecule has 0 saturated carbocycles. The number of ether oxygens (including phenoxy) is 1. The zero-order chi connectivity index (χ0) is 24.9. The van der Waals surface area contributed by atoms with Crippen LogP contribution in [-0.2, 0) is 11.0 Å². The summed E-state index contributed by atoms with van der Waals surface area (Å²) in [6.45, 7) is 3.24. The van der Waals surface area contributed by atoms with Gasteiger partial charge in [-0.15, -0.1) is 0 Å². The molecule has 1 heterocycles. The summed E-state index contributed by atoms with van der Waals surface area (Å²) < 4.78 is 46.4. The summed E-state index contributed by atoms with van der Waals surface area (Å²) in [7, 11) is 0. The Hall–Kier alpha value is -4.15. The number of aromatic nitrogens is 2. The lowest BCUT2D eigenvalue weighted by atomic mass is 10.1. The van der Waals surface area contributed by atoms with Crippen LogP contribution < -0.4 is 20.8 Å². The van der Waals surface area contributed by atoms with Crippen LogP contribution in [0.25, 0.3) is 5.69 Å². The van der Waals surface area contributed by atoms with Gasteiger partial charge in [-0.2, -0.15) is 18.3 Å². The maximum absolute atomic E-state index is 13.4. The fourth-order valence-electron chi connectivity index (χ4n) is 3.10. The van der Waals surface area contributed by atoms with E-state index in [-0.39, 0.29) is 11.4 Å². The number of aryl methyl sites for hydroxylation is 1. The smallest absolute Gasteiger partial charge is 0.418 e. The second kappa shape index (κ2) is 10.2. The number of hydrogen-bond acceptors (Lipinski definition) is 5. The Kier molecular flexibility index (Phi) is 7.34. The third-order valence-electron chi connectivity index (χ3n) is 4.62. The molecule has 0 aliphatic carbocycles. The van der Waals surface area contributed by atoms with Crippen LogP contribution in [-0.4, -0.2) is 34.7 Å². The highest BCUT2D eigenvalue weighted by Crippen LogP contribution is 2.33. The number of rotatable bonds is 7. The number of anilines is 1. The number of para-hydroxylation sites is 1. The molecule has 0 atom stereocenters. The third kappa shape index (κ3) is 5.80. The van der Waals surface area contributed by atoms with Gasteiger partial charge in [-0.05, 0) is 50.2 Å². The number of carbonyl (C=O) groups excluding carboxylic acids is 2. The SMILES string of the molecule is CCOc1ccc(NC(=O)CNC(=O)c2nn(-c3ccccc3C(F)(F)F)c(C)cc2=O)cc1. The fraction of sp³-hybridized carbons (Fsp3) is 0.217. The molecule has 0 aliphatic rings. The predicted molar refractivity (Wildman–Crippen MR) is 118 cm³/mol. The molecule has 11 heteroatoms. The highest BCUT2D eigenvalue weighted by atomic mass is 19.4. The minimum Gasteiger partial charge on any atom is -0.494 e. The number of alkyl halides is 3. The van der Waals surface area contributed by atoms with E-state index in [0.717, 1.165) is 16.8 Å². The van der Waals surface area contributed by atoms with Crippen LogP contribution in [0.2, 0.25) is 0 Å². The van der Waals surface area contributed by atoms with Gasteiger partial charge in [0, 0.05) is 17.4 Å². The first-order valence-corrected chi connectivity index (χ1v) is 10.2. The largest absolute Gasteiger partial charge is 0.494 e. The number of halogens is 3. The first-order chi connectivity index (χ1) is 16.1. The van der Waals surface area contributed by atoms with E-state index in [0.29, 0.717) is 18.0 Å². The van der Waals surface area contributed by atoms with Gasteiger partial charge in [0.1, 0.15) is 5.75 Å². The lowest BCUT2D eigenvalue weighted by Gasteiger charge is -2.16. The van der Waals surface area contributed by atoms with Crippen molar-refractivity contribution in [1.82, 2.24) is 15.1 Å². The predicted octanol–water partition coefficient (Wildman–Crippen LogP) is 3.33. The molecule has 178 valence electrons. The molecule has 0 bridgehead atoms. The Morgan fingerprint density at radius 2 is 1.76 bits per heavy atom. The van der Waals surface area contributed by atoms with Gasteiger partial charge in [0.15, 0.2) is 5.69 Å². The summed E-state index contributed by atoms with van der Waals surface area (Å²) >= 11 is 0. The molecule has 0 spiro atoms. The number of benzene rings is 2. The molecule has 8 nitrogen and oxygen atoms in total. The number of carbonyl (C=O) groups is 2. The Bertz CT molecular complexity index is 1250. The molecule has 2 N–H and O–H groups in total. The zero-order valence-corrected chi connectivity index (χ0v) is 18.3. The van der Waals surface area contributed by atoms with Crippen molar-refractivity contribution in [3.8, 4) is 11.4 Å². The molecule has 0 unspecified atom stereocenters. The fourth-order valence-corrected chi connectivity index (χ4v) is 3.10. The van der Waals surface area contributed by atoms with Gasteiger partial charge in [-0.1, -0.05) is 12.1 Å². The van der Waals surface area contributed by atoms with Gasteiger partial charge in [0.2, 0.25) is 11.3 Å². The van der Waals surface area contributed by atoms with Crippen molar-refractivity contribution in [3.05, 3.63) is 81.8 Å². The van der Waals surface area contributed by atoms with Gasteiger partial charge in [-0.3, -0.25) is 14.4 Å². The summed E-state index contributed by atoms with van der Waals surface area (Å²) in [5, 5.41) is 8.68. The second-order valence-corrected chi connectivity index (χ2v) is 7.11. The van der Waals surface area contributed by atoms with Crippen LogP contribution in [0.1, 0.15) is 28.7 Å². The standard InChI is InChI=1S/C23H21F3N4O4/c1-3-34-16-10-8-15(9-11-16)28-20(32)13-27-22(33)21-19(31)12-14(2)30(29-21)18-7-5-4-6-17(18)23(24,25)26/h4-12H,3,13H2,1-2H3,(H,27,33)(H,28,32). The maximum atomic E-state index is 13.4. The van der Waals surface area contributed by atoms with Gasteiger partial charge >= 0.3 is 6.18 Å². The molecule has 34 heavy (non-hydrogen) atoms. The van der Waals surface area contributed by atoms with E-state index < -0.39 is 41.2 Å². The van der Waals surface area contributed by atoms with Gasteiger partial charge in [-0.25, -0.2) is 4.68 Å². The molecule has 0 fully saturated rings. The first kappa shape index (κ1) is 24.5. The minimum atomic E-state index is -4.67. The number of hydrogen-bond donors (Lipinski definition) is 2. The molecular formula is C23H21F3N4O4. The number of nitrogens with zero attached hydrogens (tertiary/aromatic N) is 2. The van der Waals surface area contributed by atoms with E-state index in [9.17, 15) is 27.6 Å². The Morgan fingerprint density at radius 1 is 1.09 bits per heavy atom. The van der Waals surface area contributed by atoms with Crippen molar-refractivity contribution >= 4 is 17.5 Å². The van der Waals surface area contributed by atoms with Crippen molar-refractivity contribution in [2.45, 2.75) is 20.0 Å². The molecule has 0 saturated heterocycles. The van der Waals surface area contributed by atoms with E-state index in [4.69, 9.17) is 4.74 Å². The van der Waals surface area contributed by atoms with Crippen LogP contribution in [0.5, 0.6) is 5.75 Å². The summed E-state index contributed by atoms with van der Waals surface area (Å²) in [5.74, 6) is -0.944. The first-order valence-electron chi connectivity index (χ1n) is 10.2. The highest BCUT2D eigenvalue weighted by molar-refractivity contribution is 5.98. The van der Waals surface area contributed by atoms with Crippen LogP contribution >= 0.6 is 0 Å². The maximum Gasteiger partial charge on any atom is 0.418 e. The van der Waals surface area contributed by atoms with Crippen LogP contribution in [0, 0.1) is 6.92 Å². The summed E-state index contributed by atoms with van der Waals surface area (Å²) in [4.78, 5) is 37.0. The lowest BCUT2D eigenvalue weighted by molar-refractivity contribution is -0.137. The minimum absolute atomic E-state index is 0.103. The summed E-state index contributed by atoms with van der Waals surface area (Å²) in [6, 6.07) is 12.2. The van der Waals surface area contributed by atoms with Crippen molar-refractivity contribution in [1.29, 1.82) is 0 Å². The second-order valence-electron chi connectivity index (χ2n) is 7.11. The van der Waals surface area contributed by atoms with E-state index in [1.165, 1.54) is 25.1 Å². The van der Waals surface area contributed by atoms with Crippen LogP contribution in [0.3, 0.4) is 0 Å². The van der Waals surface area contributed by atoms with E-state index in [2.05, 4.69) is 15.7 Å². The van der Waals surface area contributed by atoms with Gasteiger partial charge < -0.3 is 15.4 Å². The van der Waals surface area contributed by atoms with Crippen molar-refractivity contribution in [2.75, 3.05) is 18.5 Å². The molecule has 1 aromatic heterocycles. The quantitative estimate of drug-likeness (QED) is 0.547. The van der Waals surface area contributed by atoms with E-state index >= 15 is 0 Å². The zero-order valence-electron chi connectivity index (χ0n) is 18.3. The van der Waals surface area contributed by atoms with E-state index in [1.54, 1.807) is 24.3 Å². The van der Waals surface area contributed by atoms with Crippen molar-refractivity contribution in [2.24, 2.45) is 0 Å². The average Bonchev–Trinajstić information content (AvgIpc) is 2.78. The van der Waals surface area contributed by atoms with Gasteiger partial charge in [0.05, 0.1) is 24.4 Å². The van der Waals surface area contributed by atoms with Crippen LogP contribution in [0.4, 0.5) is 18.9 Å². The molecule has 0 radical (unpaired) electrons. The lowest BCUT2D eigenvalue weighted by Crippen LogP contribution is -2.37. The van der Waals surface area contributed by atoms with Crippen molar-refractivity contribution in [3.63, 3.8) is 0 Å². The Labute approximate surface area is 192 Å². The Balaban J connectivity index is 1.76. The molecule has 3 aromatic rings. The van der Waals surface area contributed by atoms with E-state index in [1.807, 2.05) is 6.92 Å². The summed E-state index contributed by atoms with van der Waals surface area (Å²) in [5.41, 5.74) is -2.18. The van der Waals surface area contributed by atoms with Gasteiger partial charge in [0.25, 0.3) is 5.91 Å². The molecule has 2 aromatic carbocycles. The summed E-state index contributed by atoms with van der Waals surface area (Å²) in [6.07, 6.45) is -4.67.